The second-order valence-electron chi connectivity index (χ2n) is 5.65. The van der Waals surface area contributed by atoms with E-state index in [0.717, 1.165) is 5.56 Å². The van der Waals surface area contributed by atoms with E-state index in [1.165, 1.54) is 4.90 Å². The molecule has 0 aromatic heterocycles. The van der Waals surface area contributed by atoms with Crippen LogP contribution in [-0.2, 0) is 14.3 Å². The van der Waals surface area contributed by atoms with Crippen LogP contribution in [0.25, 0.3) is 0 Å². The number of amides is 3. The predicted octanol–water partition coefficient (Wildman–Crippen LogP) is 0.689. The van der Waals surface area contributed by atoms with E-state index in [1.54, 1.807) is 25.3 Å². The van der Waals surface area contributed by atoms with Gasteiger partial charge < -0.3 is 25.0 Å². The van der Waals surface area contributed by atoms with Crippen LogP contribution in [0.1, 0.15) is 17.9 Å². The van der Waals surface area contributed by atoms with E-state index in [0.29, 0.717) is 37.7 Å². The molecule has 2 aliphatic rings. The summed E-state index contributed by atoms with van der Waals surface area (Å²) in [6.45, 7) is 1.60. The fraction of sp³-hybridized carbons (Fsp3) is 0.438. The molecule has 1 atom stereocenters. The number of nitrogens with one attached hydrogen (secondary N) is 2. The van der Waals surface area contributed by atoms with Gasteiger partial charge in [0.05, 0.1) is 19.6 Å². The minimum atomic E-state index is -0.575. The summed E-state index contributed by atoms with van der Waals surface area (Å²) >= 11 is 0. The largest absolute Gasteiger partial charge is 0.497 e. The molecule has 1 saturated heterocycles. The van der Waals surface area contributed by atoms with Crippen molar-refractivity contribution in [1.82, 2.24) is 10.2 Å². The molecule has 1 aromatic carbocycles. The van der Waals surface area contributed by atoms with Gasteiger partial charge in [-0.05, 0) is 23.8 Å². The predicted molar refractivity (Wildman–Crippen MR) is 84.9 cm³/mol. The van der Waals surface area contributed by atoms with Gasteiger partial charge >= 0.3 is 6.09 Å². The molecule has 3 amide bonds. The molecule has 8 nitrogen and oxygen atoms in total. The van der Waals surface area contributed by atoms with Gasteiger partial charge in [0.15, 0.2) is 0 Å². The molecule has 128 valence electrons. The molecule has 2 aliphatic heterocycles. The fourth-order valence-corrected chi connectivity index (χ4v) is 2.87. The molecular weight excluding hydrogens is 314 g/mol. The number of nitrogens with zero attached hydrogens (tertiary/aromatic N) is 1. The second kappa shape index (κ2) is 6.77. The van der Waals surface area contributed by atoms with Gasteiger partial charge in [0.25, 0.3) is 0 Å². The zero-order chi connectivity index (χ0) is 17.1. The minimum Gasteiger partial charge on any atom is -0.497 e. The van der Waals surface area contributed by atoms with E-state index in [9.17, 15) is 14.4 Å². The van der Waals surface area contributed by atoms with Crippen molar-refractivity contribution in [1.29, 1.82) is 0 Å². The van der Waals surface area contributed by atoms with Crippen molar-refractivity contribution in [3.05, 3.63) is 23.8 Å². The summed E-state index contributed by atoms with van der Waals surface area (Å²) in [7, 11) is 1.55. The lowest BCUT2D eigenvalue weighted by Gasteiger charge is -2.25. The quantitative estimate of drug-likeness (QED) is 0.826. The molecule has 0 bridgehead atoms. The molecule has 0 spiro atoms. The summed E-state index contributed by atoms with van der Waals surface area (Å²) < 4.78 is 10.0. The number of benzene rings is 1. The Morgan fingerprint density at radius 2 is 2.29 bits per heavy atom. The Morgan fingerprint density at radius 1 is 1.46 bits per heavy atom. The maximum absolute atomic E-state index is 12.5. The maximum atomic E-state index is 12.5. The topological polar surface area (TPSA) is 97.0 Å². The zero-order valence-electron chi connectivity index (χ0n) is 13.3. The van der Waals surface area contributed by atoms with E-state index < -0.39 is 5.92 Å². The first kappa shape index (κ1) is 16.1. The summed E-state index contributed by atoms with van der Waals surface area (Å²) in [6.07, 6.45) is -0.283. The average molecular weight is 333 g/mol. The third kappa shape index (κ3) is 3.27. The average Bonchev–Trinajstić information content (AvgIpc) is 2.98. The molecule has 3 rings (SSSR count). The molecule has 0 aliphatic carbocycles. The van der Waals surface area contributed by atoms with Crippen LogP contribution in [0.15, 0.2) is 18.2 Å². The second-order valence-corrected chi connectivity index (χ2v) is 5.65. The van der Waals surface area contributed by atoms with Gasteiger partial charge in [-0.3, -0.25) is 9.59 Å². The van der Waals surface area contributed by atoms with E-state index in [2.05, 4.69) is 10.6 Å². The number of carbonyl (C=O) groups excluding carboxylic acids is 3. The Morgan fingerprint density at radius 3 is 3.00 bits per heavy atom. The monoisotopic (exact) mass is 333 g/mol. The Hall–Kier alpha value is -2.77. The van der Waals surface area contributed by atoms with Crippen LogP contribution in [-0.4, -0.2) is 56.2 Å². The number of methoxy groups -OCH3 is 1. The molecule has 2 heterocycles. The lowest BCUT2D eigenvalue weighted by molar-refractivity contribution is -0.126. The van der Waals surface area contributed by atoms with Gasteiger partial charge in [0.1, 0.15) is 12.4 Å². The highest BCUT2D eigenvalue weighted by Crippen LogP contribution is 2.34. The first-order chi connectivity index (χ1) is 11.6. The highest BCUT2D eigenvalue weighted by atomic mass is 16.6. The van der Waals surface area contributed by atoms with E-state index >= 15 is 0 Å². The molecular formula is C16H19N3O5. The first-order valence-electron chi connectivity index (χ1n) is 7.75. The SMILES string of the molecule is COc1ccc2c(c1)[C@H](C(=O)NCCN1CCOC1=O)CC(=O)N2. The number of hydrogen-bond donors (Lipinski definition) is 2. The lowest BCUT2D eigenvalue weighted by atomic mass is 9.89. The third-order valence-corrected chi connectivity index (χ3v) is 4.14. The number of cyclic esters (lactones) is 1. The molecule has 1 aromatic rings. The molecule has 8 heteroatoms. The lowest BCUT2D eigenvalue weighted by Crippen LogP contribution is -2.39. The number of rotatable bonds is 5. The van der Waals surface area contributed by atoms with Gasteiger partial charge in [-0.15, -0.1) is 0 Å². The van der Waals surface area contributed by atoms with Crippen LogP contribution in [0, 0.1) is 0 Å². The van der Waals surface area contributed by atoms with Crippen molar-refractivity contribution in [2.45, 2.75) is 12.3 Å². The van der Waals surface area contributed by atoms with Crippen LogP contribution in [0.5, 0.6) is 5.75 Å². The van der Waals surface area contributed by atoms with Crippen LogP contribution in [0.2, 0.25) is 0 Å². The Labute approximate surface area is 139 Å². The number of fused-ring (bicyclic) bond motifs is 1. The molecule has 0 saturated carbocycles. The Bertz CT molecular complexity index is 676. The van der Waals surface area contributed by atoms with Gasteiger partial charge in [0.2, 0.25) is 11.8 Å². The summed E-state index contributed by atoms with van der Waals surface area (Å²) in [5.41, 5.74) is 1.35. The zero-order valence-corrected chi connectivity index (χ0v) is 13.3. The van der Waals surface area contributed by atoms with Crippen molar-refractivity contribution >= 4 is 23.6 Å². The van der Waals surface area contributed by atoms with E-state index in [1.807, 2.05) is 0 Å². The highest BCUT2D eigenvalue weighted by Gasteiger charge is 2.31. The standard InChI is InChI=1S/C16H19N3O5/c1-23-10-2-3-13-11(8-10)12(9-14(20)18-13)15(21)17-4-5-19-6-7-24-16(19)22/h2-3,8,12H,4-7,9H2,1H3,(H,17,21)(H,18,20)/t12-/m1/s1. The van der Waals surface area contributed by atoms with Crippen molar-refractivity contribution in [2.24, 2.45) is 0 Å². The summed E-state index contributed by atoms with van der Waals surface area (Å²) in [6, 6.07) is 5.22. The summed E-state index contributed by atoms with van der Waals surface area (Å²) in [5, 5.41) is 5.55. The molecule has 24 heavy (non-hydrogen) atoms. The van der Waals surface area contributed by atoms with E-state index in [-0.39, 0.29) is 24.3 Å². The molecule has 0 radical (unpaired) electrons. The molecule has 1 fully saturated rings. The van der Waals surface area contributed by atoms with Crippen LogP contribution in [0.4, 0.5) is 10.5 Å². The fourth-order valence-electron chi connectivity index (χ4n) is 2.87. The van der Waals surface area contributed by atoms with Crippen molar-refractivity contribution in [3.63, 3.8) is 0 Å². The van der Waals surface area contributed by atoms with Gasteiger partial charge in [-0.1, -0.05) is 0 Å². The Kier molecular flexibility index (Phi) is 4.54. The van der Waals surface area contributed by atoms with Crippen LogP contribution in [0.3, 0.4) is 0 Å². The van der Waals surface area contributed by atoms with Crippen molar-refractivity contribution in [3.8, 4) is 5.75 Å². The number of ether oxygens (including phenoxy) is 2. The highest BCUT2D eigenvalue weighted by molar-refractivity contribution is 6.01. The number of carbonyl (C=O) groups is 3. The summed E-state index contributed by atoms with van der Waals surface area (Å²) in [5.74, 6) is -0.389. The van der Waals surface area contributed by atoms with Gasteiger partial charge in [-0.25, -0.2) is 4.79 Å². The Balaban J connectivity index is 1.66. The van der Waals surface area contributed by atoms with Gasteiger partial charge in [-0.2, -0.15) is 0 Å². The smallest absolute Gasteiger partial charge is 0.409 e. The minimum absolute atomic E-state index is 0.0811. The van der Waals surface area contributed by atoms with E-state index in [4.69, 9.17) is 9.47 Å². The maximum Gasteiger partial charge on any atom is 0.409 e. The van der Waals surface area contributed by atoms with Crippen molar-refractivity contribution < 1.29 is 23.9 Å². The van der Waals surface area contributed by atoms with Crippen LogP contribution < -0.4 is 15.4 Å². The normalized spacial score (nSPS) is 19.4. The first-order valence-corrected chi connectivity index (χ1v) is 7.75. The number of anilines is 1. The molecule has 2 N–H and O–H groups in total. The van der Waals surface area contributed by atoms with Gasteiger partial charge in [0, 0.05) is 25.2 Å². The third-order valence-electron chi connectivity index (χ3n) is 4.14. The van der Waals surface area contributed by atoms with Crippen LogP contribution >= 0.6 is 0 Å². The summed E-state index contributed by atoms with van der Waals surface area (Å²) in [4.78, 5) is 37.2. The van der Waals surface area contributed by atoms with Crippen molar-refractivity contribution in [2.75, 3.05) is 38.7 Å². The number of hydrogen-bond acceptors (Lipinski definition) is 5. The molecule has 0 unspecified atom stereocenters.